The molecule has 1 N–H and O–H groups in total. The predicted octanol–water partition coefficient (Wildman–Crippen LogP) is 3.88. The van der Waals surface area contributed by atoms with Crippen LogP contribution in [-0.4, -0.2) is 20.3 Å². The van der Waals surface area contributed by atoms with Gasteiger partial charge in [-0.25, -0.2) is 0 Å². The zero-order valence-corrected chi connectivity index (χ0v) is 12.1. The van der Waals surface area contributed by atoms with Gasteiger partial charge in [0.05, 0.1) is 19.4 Å². The normalized spacial score (nSPS) is 10.1. The Labute approximate surface area is 120 Å². The van der Waals surface area contributed by atoms with Crippen LogP contribution in [0.3, 0.4) is 0 Å². The molecule has 3 nitrogen and oxygen atoms in total. The quantitative estimate of drug-likeness (QED) is 0.775. The second-order valence-corrected chi connectivity index (χ2v) is 4.65. The number of hydrogen-bond acceptors (Lipinski definition) is 3. The van der Waals surface area contributed by atoms with E-state index in [1.54, 1.807) is 7.11 Å². The Balaban J connectivity index is 1.71. The van der Waals surface area contributed by atoms with E-state index in [1.807, 2.05) is 42.5 Å². The smallest absolute Gasteiger partial charge is 0.141 e. The van der Waals surface area contributed by atoms with Gasteiger partial charge in [-0.3, -0.25) is 0 Å². The zero-order valence-electron chi connectivity index (χ0n) is 12.1. The maximum atomic E-state index is 5.71. The van der Waals surface area contributed by atoms with Crippen molar-refractivity contribution < 1.29 is 9.47 Å². The second kappa shape index (κ2) is 7.43. The van der Waals surface area contributed by atoms with Gasteiger partial charge < -0.3 is 14.8 Å². The number of anilines is 1. The van der Waals surface area contributed by atoms with Gasteiger partial charge in [0.15, 0.2) is 0 Å². The standard InChI is InChI=1S/C17H21NO2/c1-14-7-5-8-15(13-14)20-12-6-11-18-16-9-3-4-10-17(16)19-2/h3-5,7-10,13,18H,6,11-12H2,1-2H3. The first-order chi connectivity index (χ1) is 9.79. The lowest BCUT2D eigenvalue weighted by Gasteiger charge is -2.11. The predicted molar refractivity (Wildman–Crippen MR) is 82.8 cm³/mol. The van der Waals surface area contributed by atoms with Crippen LogP contribution in [0.2, 0.25) is 0 Å². The van der Waals surface area contributed by atoms with Crippen LogP contribution in [-0.2, 0) is 0 Å². The Kier molecular flexibility index (Phi) is 5.30. The van der Waals surface area contributed by atoms with E-state index < -0.39 is 0 Å². The van der Waals surface area contributed by atoms with Crippen molar-refractivity contribution in [2.75, 3.05) is 25.6 Å². The molecule has 2 rings (SSSR count). The molecule has 20 heavy (non-hydrogen) atoms. The fraction of sp³-hybridized carbons (Fsp3) is 0.294. The van der Waals surface area contributed by atoms with Crippen molar-refractivity contribution in [1.29, 1.82) is 0 Å². The summed E-state index contributed by atoms with van der Waals surface area (Å²) in [5.74, 6) is 1.80. The highest BCUT2D eigenvalue weighted by Gasteiger charge is 2.00. The van der Waals surface area contributed by atoms with Crippen LogP contribution < -0.4 is 14.8 Å². The molecule has 0 radical (unpaired) electrons. The average molecular weight is 271 g/mol. The number of benzene rings is 2. The summed E-state index contributed by atoms with van der Waals surface area (Å²) in [5.41, 5.74) is 2.24. The van der Waals surface area contributed by atoms with Crippen molar-refractivity contribution in [2.45, 2.75) is 13.3 Å². The van der Waals surface area contributed by atoms with E-state index >= 15 is 0 Å². The van der Waals surface area contributed by atoms with Gasteiger partial charge in [0.2, 0.25) is 0 Å². The molecule has 0 aliphatic heterocycles. The molecular weight excluding hydrogens is 250 g/mol. The van der Waals surface area contributed by atoms with Crippen LogP contribution in [0, 0.1) is 6.92 Å². The third kappa shape index (κ3) is 4.19. The van der Waals surface area contributed by atoms with Crippen LogP contribution in [0.25, 0.3) is 0 Å². The molecule has 0 unspecified atom stereocenters. The Morgan fingerprint density at radius 2 is 1.90 bits per heavy atom. The van der Waals surface area contributed by atoms with Gasteiger partial charge in [-0.15, -0.1) is 0 Å². The average Bonchev–Trinajstić information content (AvgIpc) is 2.47. The van der Waals surface area contributed by atoms with Crippen LogP contribution in [0.5, 0.6) is 11.5 Å². The molecule has 0 amide bonds. The number of aryl methyl sites for hydroxylation is 1. The molecular formula is C17H21NO2. The van der Waals surface area contributed by atoms with Gasteiger partial charge >= 0.3 is 0 Å². The topological polar surface area (TPSA) is 30.5 Å². The molecule has 0 atom stereocenters. The van der Waals surface area contributed by atoms with Crippen molar-refractivity contribution in [3.05, 3.63) is 54.1 Å². The maximum Gasteiger partial charge on any atom is 0.141 e. The molecule has 2 aromatic carbocycles. The largest absolute Gasteiger partial charge is 0.495 e. The number of nitrogens with one attached hydrogen (secondary N) is 1. The molecule has 2 aromatic rings. The number of hydrogen-bond donors (Lipinski definition) is 1. The minimum Gasteiger partial charge on any atom is -0.495 e. The summed E-state index contributed by atoms with van der Waals surface area (Å²) >= 11 is 0. The molecule has 0 spiro atoms. The van der Waals surface area contributed by atoms with E-state index in [1.165, 1.54) is 5.56 Å². The fourth-order valence-electron chi connectivity index (χ4n) is 1.98. The number of methoxy groups -OCH3 is 1. The van der Waals surface area contributed by atoms with Gasteiger partial charge in [0.1, 0.15) is 11.5 Å². The van der Waals surface area contributed by atoms with E-state index in [2.05, 4.69) is 18.3 Å². The third-order valence-electron chi connectivity index (χ3n) is 3.00. The molecule has 0 fully saturated rings. The molecule has 0 saturated carbocycles. The maximum absolute atomic E-state index is 5.71. The SMILES string of the molecule is COc1ccccc1NCCCOc1cccc(C)c1. The highest BCUT2D eigenvalue weighted by atomic mass is 16.5. The Morgan fingerprint density at radius 3 is 2.70 bits per heavy atom. The lowest BCUT2D eigenvalue weighted by atomic mass is 10.2. The summed E-state index contributed by atoms with van der Waals surface area (Å²) in [6, 6.07) is 16.0. The molecule has 106 valence electrons. The first-order valence-corrected chi connectivity index (χ1v) is 6.86. The van der Waals surface area contributed by atoms with Crippen LogP contribution in [0.1, 0.15) is 12.0 Å². The Morgan fingerprint density at radius 1 is 1.05 bits per heavy atom. The lowest BCUT2D eigenvalue weighted by Crippen LogP contribution is -2.08. The van der Waals surface area contributed by atoms with E-state index in [-0.39, 0.29) is 0 Å². The highest BCUT2D eigenvalue weighted by Crippen LogP contribution is 2.22. The van der Waals surface area contributed by atoms with E-state index in [0.717, 1.165) is 30.2 Å². The summed E-state index contributed by atoms with van der Waals surface area (Å²) in [6.45, 7) is 3.62. The van der Waals surface area contributed by atoms with Crippen molar-refractivity contribution in [2.24, 2.45) is 0 Å². The van der Waals surface area contributed by atoms with Crippen molar-refractivity contribution >= 4 is 5.69 Å². The van der Waals surface area contributed by atoms with Crippen molar-refractivity contribution in [3.8, 4) is 11.5 Å². The van der Waals surface area contributed by atoms with Gasteiger partial charge in [0.25, 0.3) is 0 Å². The molecule has 0 aromatic heterocycles. The Bertz CT molecular complexity index is 540. The summed E-state index contributed by atoms with van der Waals surface area (Å²) in [6.07, 6.45) is 0.936. The van der Waals surface area contributed by atoms with Crippen molar-refractivity contribution in [1.82, 2.24) is 0 Å². The fourth-order valence-corrected chi connectivity index (χ4v) is 1.98. The molecule has 0 heterocycles. The van der Waals surface area contributed by atoms with Gasteiger partial charge in [-0.05, 0) is 43.2 Å². The van der Waals surface area contributed by atoms with Crippen LogP contribution in [0.4, 0.5) is 5.69 Å². The van der Waals surface area contributed by atoms with E-state index in [0.29, 0.717) is 6.61 Å². The van der Waals surface area contributed by atoms with E-state index in [4.69, 9.17) is 9.47 Å². The first kappa shape index (κ1) is 14.3. The minimum atomic E-state index is 0.700. The zero-order chi connectivity index (χ0) is 14.2. The Hall–Kier alpha value is -2.16. The van der Waals surface area contributed by atoms with Gasteiger partial charge in [-0.1, -0.05) is 24.3 Å². The summed E-state index contributed by atoms with van der Waals surface area (Å²) in [4.78, 5) is 0. The summed E-state index contributed by atoms with van der Waals surface area (Å²) in [5, 5.41) is 3.36. The van der Waals surface area contributed by atoms with Crippen LogP contribution >= 0.6 is 0 Å². The molecule has 0 saturated heterocycles. The second-order valence-electron chi connectivity index (χ2n) is 4.65. The molecule has 0 bridgehead atoms. The molecule has 0 aliphatic carbocycles. The first-order valence-electron chi connectivity index (χ1n) is 6.86. The van der Waals surface area contributed by atoms with E-state index in [9.17, 15) is 0 Å². The third-order valence-corrected chi connectivity index (χ3v) is 3.00. The van der Waals surface area contributed by atoms with Gasteiger partial charge in [0, 0.05) is 6.54 Å². The molecule has 0 aliphatic rings. The summed E-state index contributed by atoms with van der Waals surface area (Å²) < 4.78 is 11.0. The lowest BCUT2D eigenvalue weighted by molar-refractivity contribution is 0.314. The number of ether oxygens (including phenoxy) is 2. The van der Waals surface area contributed by atoms with Crippen molar-refractivity contribution in [3.63, 3.8) is 0 Å². The number of para-hydroxylation sites is 2. The van der Waals surface area contributed by atoms with Gasteiger partial charge in [-0.2, -0.15) is 0 Å². The van der Waals surface area contributed by atoms with Crippen LogP contribution in [0.15, 0.2) is 48.5 Å². The highest BCUT2D eigenvalue weighted by molar-refractivity contribution is 5.55. The minimum absolute atomic E-state index is 0.700. The monoisotopic (exact) mass is 271 g/mol. The molecule has 3 heteroatoms. The number of rotatable bonds is 7. The summed E-state index contributed by atoms with van der Waals surface area (Å²) in [7, 11) is 1.68.